The molecule has 3 fully saturated rings. The molecule has 3 saturated heterocycles. The maximum absolute atomic E-state index is 10.5. The molecule has 0 spiro atoms. The highest BCUT2D eigenvalue weighted by molar-refractivity contribution is 4.93. The van der Waals surface area contributed by atoms with Gasteiger partial charge in [-0.3, -0.25) is 0 Å². The van der Waals surface area contributed by atoms with Gasteiger partial charge in [0.05, 0.1) is 25.9 Å². The normalized spacial score (nSPS) is 52.7. The van der Waals surface area contributed by atoms with Gasteiger partial charge in [0.1, 0.15) is 67.1 Å². The topological polar surface area (TPSA) is 228 Å². The van der Waals surface area contributed by atoms with Crippen LogP contribution in [0.25, 0.3) is 0 Å². The van der Waals surface area contributed by atoms with Crippen molar-refractivity contribution in [1.29, 1.82) is 0 Å². The Balaban J connectivity index is 1.70. The predicted molar refractivity (Wildman–Crippen MR) is 98.7 cm³/mol. The Hall–Kier alpha value is -0.560. The van der Waals surface area contributed by atoms with E-state index in [1.54, 1.807) is 0 Å². The largest absolute Gasteiger partial charge is 0.394 e. The van der Waals surface area contributed by atoms with Crippen molar-refractivity contribution in [3.05, 3.63) is 0 Å². The molecule has 3 heterocycles. The van der Waals surface area contributed by atoms with Crippen molar-refractivity contribution in [2.75, 3.05) is 19.8 Å². The van der Waals surface area contributed by atoms with Crippen LogP contribution in [0.4, 0.5) is 0 Å². The van der Waals surface area contributed by atoms with Gasteiger partial charge < -0.3 is 69.6 Å². The molecule has 188 valence electrons. The summed E-state index contributed by atoms with van der Waals surface area (Å²) in [5.41, 5.74) is 0. The summed E-state index contributed by atoms with van der Waals surface area (Å²) in [6.45, 7) is 0.152. The zero-order valence-corrected chi connectivity index (χ0v) is 17.3. The van der Waals surface area contributed by atoms with Crippen molar-refractivity contribution in [2.45, 2.75) is 92.8 Å². The van der Waals surface area contributed by atoms with Gasteiger partial charge in [0.2, 0.25) is 0 Å². The molecule has 0 aliphatic carbocycles. The van der Waals surface area contributed by atoms with E-state index in [9.17, 15) is 46.0 Å². The first kappa shape index (κ1) is 26.1. The van der Waals surface area contributed by atoms with Gasteiger partial charge in [0.25, 0.3) is 0 Å². The SMILES string of the molecule is C[C@@H]1O[C@@H](OC[C@H]2OC[C@H](O)[C@@H](O)[C@@H]2O)[C@H](O[C@@H]2O[C@H](CO)[C@@H](O)[C@H](O)[C@H]2O)[C@H](O)[C@H]1O. The average Bonchev–Trinajstić information content (AvgIpc) is 2.77. The van der Waals surface area contributed by atoms with Gasteiger partial charge >= 0.3 is 0 Å². The second-order valence-electron chi connectivity index (χ2n) is 8.24. The smallest absolute Gasteiger partial charge is 0.187 e. The van der Waals surface area contributed by atoms with Crippen LogP contribution in [0.1, 0.15) is 6.92 Å². The summed E-state index contributed by atoms with van der Waals surface area (Å²) in [7, 11) is 0. The van der Waals surface area contributed by atoms with Crippen LogP contribution >= 0.6 is 0 Å². The van der Waals surface area contributed by atoms with Crippen LogP contribution in [0.3, 0.4) is 0 Å². The highest BCUT2D eigenvalue weighted by Crippen LogP contribution is 2.30. The van der Waals surface area contributed by atoms with Crippen molar-refractivity contribution in [1.82, 2.24) is 0 Å². The number of aliphatic hydroxyl groups is 9. The highest BCUT2D eigenvalue weighted by Gasteiger charge is 2.50. The molecule has 0 unspecified atom stereocenters. The van der Waals surface area contributed by atoms with E-state index in [0.717, 1.165) is 0 Å². The number of ether oxygens (including phenoxy) is 5. The summed E-state index contributed by atoms with van der Waals surface area (Å²) in [6.07, 6.45) is -20.0. The Morgan fingerprint density at radius 2 is 1.38 bits per heavy atom. The molecule has 9 N–H and O–H groups in total. The third-order valence-electron chi connectivity index (χ3n) is 5.96. The summed E-state index contributed by atoms with van der Waals surface area (Å²) in [6, 6.07) is 0. The number of aliphatic hydroxyl groups excluding tert-OH is 9. The Morgan fingerprint density at radius 3 is 2.03 bits per heavy atom. The average molecular weight is 472 g/mol. The lowest BCUT2D eigenvalue weighted by atomic mass is 9.97. The van der Waals surface area contributed by atoms with Crippen LogP contribution in [0.5, 0.6) is 0 Å². The monoisotopic (exact) mass is 472 g/mol. The van der Waals surface area contributed by atoms with Gasteiger partial charge in [-0.1, -0.05) is 0 Å². The third-order valence-corrected chi connectivity index (χ3v) is 5.96. The molecular formula is C18H32O14. The van der Waals surface area contributed by atoms with Crippen molar-refractivity contribution >= 4 is 0 Å². The minimum absolute atomic E-state index is 0.250. The first-order valence-corrected chi connectivity index (χ1v) is 10.3. The van der Waals surface area contributed by atoms with Crippen molar-refractivity contribution in [2.24, 2.45) is 0 Å². The van der Waals surface area contributed by atoms with Crippen LogP contribution < -0.4 is 0 Å². The molecule has 32 heavy (non-hydrogen) atoms. The number of hydrogen-bond acceptors (Lipinski definition) is 14. The van der Waals surface area contributed by atoms with Crippen LogP contribution in [0.15, 0.2) is 0 Å². The quantitative estimate of drug-likeness (QED) is 0.175. The van der Waals surface area contributed by atoms with Gasteiger partial charge in [-0.25, -0.2) is 0 Å². The lowest BCUT2D eigenvalue weighted by molar-refractivity contribution is -0.367. The second-order valence-corrected chi connectivity index (χ2v) is 8.24. The van der Waals surface area contributed by atoms with Crippen molar-refractivity contribution in [3.63, 3.8) is 0 Å². The van der Waals surface area contributed by atoms with Crippen molar-refractivity contribution in [3.8, 4) is 0 Å². The molecule has 0 saturated carbocycles. The Bertz CT molecular complexity index is 594. The standard InChI is InChI=1S/C18H32O14/c1-5-9(21)14(26)16(32-17-15(27)13(25)11(23)7(2-19)31-17)18(30-5)29-4-8-12(24)10(22)6(20)3-28-8/h5-27H,2-4H2,1H3/t5-,6-,7+,8+,9-,10+,11+,12+,13-,14+,15+,16+,17-,18+/m0/s1. The van der Waals surface area contributed by atoms with E-state index in [1.807, 2.05) is 0 Å². The minimum Gasteiger partial charge on any atom is -0.394 e. The fourth-order valence-electron chi connectivity index (χ4n) is 3.82. The summed E-state index contributed by atoms with van der Waals surface area (Å²) >= 11 is 0. The molecule has 0 aromatic heterocycles. The minimum atomic E-state index is -1.77. The summed E-state index contributed by atoms with van der Waals surface area (Å²) in [4.78, 5) is 0. The second kappa shape index (κ2) is 10.8. The molecule has 0 aromatic carbocycles. The van der Waals surface area contributed by atoms with Gasteiger partial charge in [-0.15, -0.1) is 0 Å². The molecule has 0 radical (unpaired) electrons. The number of hydrogen-bond donors (Lipinski definition) is 9. The van der Waals surface area contributed by atoms with E-state index in [0.29, 0.717) is 0 Å². The van der Waals surface area contributed by atoms with E-state index in [4.69, 9.17) is 23.7 Å². The lowest BCUT2D eigenvalue weighted by Gasteiger charge is -2.46. The third kappa shape index (κ3) is 5.24. The Morgan fingerprint density at radius 1 is 0.719 bits per heavy atom. The van der Waals surface area contributed by atoms with Gasteiger partial charge in [-0.05, 0) is 6.92 Å². The zero-order valence-electron chi connectivity index (χ0n) is 17.3. The molecule has 3 aliphatic heterocycles. The van der Waals surface area contributed by atoms with Crippen LogP contribution in [0, 0.1) is 0 Å². The Kier molecular flexibility index (Phi) is 8.79. The van der Waals surface area contributed by atoms with Crippen LogP contribution in [-0.4, -0.2) is 152 Å². The van der Waals surface area contributed by atoms with Crippen LogP contribution in [-0.2, 0) is 23.7 Å². The molecule has 14 nitrogen and oxygen atoms in total. The van der Waals surface area contributed by atoms with Gasteiger partial charge in [-0.2, -0.15) is 0 Å². The Labute approximate surface area is 183 Å². The number of rotatable bonds is 6. The summed E-state index contributed by atoms with van der Waals surface area (Å²) < 4.78 is 27.1. The summed E-state index contributed by atoms with van der Waals surface area (Å²) in [5, 5.41) is 89.4. The van der Waals surface area contributed by atoms with Crippen molar-refractivity contribution < 1.29 is 69.6 Å². The fraction of sp³-hybridized carbons (Fsp3) is 1.00. The first-order valence-electron chi connectivity index (χ1n) is 10.3. The molecule has 14 atom stereocenters. The molecule has 3 aliphatic rings. The van der Waals surface area contributed by atoms with E-state index >= 15 is 0 Å². The van der Waals surface area contributed by atoms with E-state index in [1.165, 1.54) is 6.92 Å². The van der Waals surface area contributed by atoms with Gasteiger partial charge in [0.15, 0.2) is 12.6 Å². The maximum Gasteiger partial charge on any atom is 0.187 e. The molecule has 14 heteroatoms. The van der Waals surface area contributed by atoms with E-state index in [-0.39, 0.29) is 13.2 Å². The summed E-state index contributed by atoms with van der Waals surface area (Å²) in [5.74, 6) is 0. The van der Waals surface area contributed by atoms with E-state index < -0.39 is 92.4 Å². The van der Waals surface area contributed by atoms with Crippen LogP contribution in [0.2, 0.25) is 0 Å². The fourth-order valence-corrected chi connectivity index (χ4v) is 3.82. The molecule has 3 rings (SSSR count). The first-order chi connectivity index (χ1) is 15.1. The zero-order chi connectivity index (χ0) is 23.7. The molecule has 0 amide bonds. The molecule has 0 bridgehead atoms. The van der Waals surface area contributed by atoms with Gasteiger partial charge in [0, 0.05) is 0 Å². The highest BCUT2D eigenvalue weighted by atomic mass is 16.8. The molecular weight excluding hydrogens is 440 g/mol. The van der Waals surface area contributed by atoms with E-state index in [2.05, 4.69) is 0 Å². The lowest BCUT2D eigenvalue weighted by Crippen LogP contribution is -2.64. The maximum atomic E-state index is 10.5. The predicted octanol–water partition coefficient (Wildman–Crippen LogP) is -5.86. The molecule has 0 aromatic rings.